The van der Waals surface area contributed by atoms with E-state index in [0.717, 1.165) is 24.6 Å². The van der Waals surface area contributed by atoms with Crippen LogP contribution in [0.25, 0.3) is 11.0 Å². The highest BCUT2D eigenvalue weighted by atomic mass is 15.1. The fourth-order valence-electron chi connectivity index (χ4n) is 2.30. The standard InChI is InChI=1S/C14H19N3/c1-3-17-13-7-4-10(2)8-12(13)16-14(17)9-15-11-5-6-11/h4,7-8,11,15H,3,5-6,9H2,1-2H3. The molecule has 3 nitrogen and oxygen atoms in total. The van der Waals surface area contributed by atoms with Gasteiger partial charge in [0.15, 0.2) is 0 Å². The van der Waals surface area contributed by atoms with Crippen molar-refractivity contribution < 1.29 is 0 Å². The Kier molecular flexibility index (Phi) is 2.63. The molecule has 0 spiro atoms. The normalized spacial score (nSPS) is 15.6. The highest BCUT2D eigenvalue weighted by Gasteiger charge is 2.21. The molecule has 1 aromatic carbocycles. The van der Waals surface area contributed by atoms with Crippen molar-refractivity contribution in [1.82, 2.24) is 14.9 Å². The molecule has 0 aliphatic heterocycles. The van der Waals surface area contributed by atoms with Crippen LogP contribution in [0.1, 0.15) is 31.2 Å². The summed E-state index contributed by atoms with van der Waals surface area (Å²) in [4.78, 5) is 4.74. The Balaban J connectivity index is 1.97. The van der Waals surface area contributed by atoms with Gasteiger partial charge in [-0.05, 0) is 44.4 Å². The molecule has 2 aromatic rings. The highest BCUT2D eigenvalue weighted by molar-refractivity contribution is 5.76. The smallest absolute Gasteiger partial charge is 0.123 e. The first-order valence-electron chi connectivity index (χ1n) is 6.47. The number of hydrogen-bond donors (Lipinski definition) is 1. The van der Waals surface area contributed by atoms with Crippen molar-refractivity contribution >= 4 is 11.0 Å². The zero-order valence-electron chi connectivity index (χ0n) is 10.5. The number of imidazole rings is 1. The van der Waals surface area contributed by atoms with Gasteiger partial charge in [0.2, 0.25) is 0 Å². The summed E-state index contributed by atoms with van der Waals surface area (Å²) in [6.07, 6.45) is 2.65. The Bertz CT molecular complexity index is 538. The van der Waals surface area contributed by atoms with Gasteiger partial charge in [-0.25, -0.2) is 4.98 Å². The number of nitrogens with one attached hydrogen (secondary N) is 1. The van der Waals surface area contributed by atoms with E-state index < -0.39 is 0 Å². The van der Waals surface area contributed by atoms with Crippen molar-refractivity contribution in [3.8, 4) is 0 Å². The van der Waals surface area contributed by atoms with Gasteiger partial charge < -0.3 is 9.88 Å². The minimum atomic E-state index is 0.738. The average molecular weight is 229 g/mol. The first-order chi connectivity index (χ1) is 8.28. The molecule has 1 aliphatic carbocycles. The van der Waals surface area contributed by atoms with Gasteiger partial charge in [-0.2, -0.15) is 0 Å². The van der Waals surface area contributed by atoms with Crippen LogP contribution < -0.4 is 5.32 Å². The van der Waals surface area contributed by atoms with Crippen LogP contribution >= 0.6 is 0 Å². The van der Waals surface area contributed by atoms with Gasteiger partial charge in [0.05, 0.1) is 17.6 Å². The molecule has 17 heavy (non-hydrogen) atoms. The maximum Gasteiger partial charge on any atom is 0.123 e. The zero-order chi connectivity index (χ0) is 11.8. The average Bonchev–Trinajstić information content (AvgIpc) is 3.07. The van der Waals surface area contributed by atoms with Crippen molar-refractivity contribution in [1.29, 1.82) is 0 Å². The van der Waals surface area contributed by atoms with E-state index in [1.165, 1.54) is 29.7 Å². The molecule has 90 valence electrons. The number of fused-ring (bicyclic) bond motifs is 1. The number of nitrogens with zero attached hydrogens (tertiary/aromatic N) is 2. The van der Waals surface area contributed by atoms with Crippen molar-refractivity contribution in [2.45, 2.75) is 45.8 Å². The van der Waals surface area contributed by atoms with E-state index in [2.05, 4.69) is 41.9 Å². The lowest BCUT2D eigenvalue weighted by molar-refractivity contribution is 0.618. The first kappa shape index (κ1) is 10.8. The molecule has 0 radical (unpaired) electrons. The lowest BCUT2D eigenvalue weighted by Gasteiger charge is -2.06. The molecule has 1 aliphatic rings. The monoisotopic (exact) mass is 229 g/mol. The molecule has 3 rings (SSSR count). The molecule has 3 heteroatoms. The minimum Gasteiger partial charge on any atom is -0.327 e. The summed E-state index contributed by atoms with van der Waals surface area (Å²) in [6.45, 7) is 6.18. The molecule has 1 heterocycles. The van der Waals surface area contributed by atoms with Crippen LogP contribution in [0.4, 0.5) is 0 Å². The molecule has 1 N–H and O–H groups in total. The van der Waals surface area contributed by atoms with E-state index in [0.29, 0.717) is 0 Å². The Morgan fingerprint density at radius 2 is 2.24 bits per heavy atom. The van der Waals surface area contributed by atoms with Gasteiger partial charge in [-0.3, -0.25) is 0 Å². The van der Waals surface area contributed by atoms with Gasteiger partial charge in [-0.15, -0.1) is 0 Å². The third-order valence-corrected chi connectivity index (χ3v) is 3.43. The zero-order valence-corrected chi connectivity index (χ0v) is 10.5. The fraction of sp³-hybridized carbons (Fsp3) is 0.500. The lowest BCUT2D eigenvalue weighted by atomic mass is 10.2. The van der Waals surface area contributed by atoms with E-state index in [-0.39, 0.29) is 0 Å². The maximum atomic E-state index is 4.74. The second-order valence-electron chi connectivity index (χ2n) is 4.92. The largest absolute Gasteiger partial charge is 0.327 e. The van der Waals surface area contributed by atoms with Crippen molar-refractivity contribution in [2.24, 2.45) is 0 Å². The van der Waals surface area contributed by atoms with E-state index in [1.807, 2.05) is 0 Å². The van der Waals surface area contributed by atoms with E-state index in [1.54, 1.807) is 0 Å². The van der Waals surface area contributed by atoms with Crippen LogP contribution in [-0.4, -0.2) is 15.6 Å². The van der Waals surface area contributed by atoms with Crippen molar-refractivity contribution in [3.63, 3.8) is 0 Å². The molecule has 0 amide bonds. The van der Waals surface area contributed by atoms with Gasteiger partial charge in [0.25, 0.3) is 0 Å². The molecule has 0 saturated heterocycles. The van der Waals surface area contributed by atoms with Crippen LogP contribution in [-0.2, 0) is 13.1 Å². The molecular weight excluding hydrogens is 210 g/mol. The van der Waals surface area contributed by atoms with Gasteiger partial charge in [0, 0.05) is 12.6 Å². The molecule has 1 aromatic heterocycles. The van der Waals surface area contributed by atoms with Gasteiger partial charge in [0.1, 0.15) is 5.82 Å². The topological polar surface area (TPSA) is 29.9 Å². The summed E-state index contributed by atoms with van der Waals surface area (Å²) in [6, 6.07) is 7.25. The SMILES string of the molecule is CCn1c(CNC2CC2)nc2cc(C)ccc21. The van der Waals surface area contributed by atoms with Crippen LogP contribution in [0.15, 0.2) is 18.2 Å². The molecule has 1 saturated carbocycles. The summed E-state index contributed by atoms with van der Waals surface area (Å²) < 4.78 is 2.31. The summed E-state index contributed by atoms with van der Waals surface area (Å²) in [5, 5.41) is 3.54. The third kappa shape index (κ3) is 2.07. The van der Waals surface area contributed by atoms with E-state index >= 15 is 0 Å². The van der Waals surface area contributed by atoms with Crippen LogP contribution in [0, 0.1) is 6.92 Å². The highest BCUT2D eigenvalue weighted by Crippen LogP contribution is 2.21. The van der Waals surface area contributed by atoms with Gasteiger partial charge in [-0.1, -0.05) is 6.07 Å². The Hall–Kier alpha value is -1.35. The summed E-state index contributed by atoms with van der Waals surface area (Å²) in [5.74, 6) is 1.17. The number of rotatable bonds is 4. The fourth-order valence-corrected chi connectivity index (χ4v) is 2.30. The molecule has 0 bridgehead atoms. The van der Waals surface area contributed by atoms with E-state index in [4.69, 9.17) is 4.98 Å². The van der Waals surface area contributed by atoms with Crippen molar-refractivity contribution in [2.75, 3.05) is 0 Å². The Morgan fingerprint density at radius 1 is 1.41 bits per heavy atom. The Morgan fingerprint density at radius 3 is 2.94 bits per heavy atom. The second kappa shape index (κ2) is 4.15. The number of benzene rings is 1. The molecule has 1 fully saturated rings. The van der Waals surface area contributed by atoms with Gasteiger partial charge >= 0.3 is 0 Å². The predicted octanol–water partition coefficient (Wildman–Crippen LogP) is 2.62. The predicted molar refractivity (Wildman–Crippen MR) is 70.0 cm³/mol. The summed E-state index contributed by atoms with van der Waals surface area (Å²) in [5.41, 5.74) is 3.66. The summed E-state index contributed by atoms with van der Waals surface area (Å²) >= 11 is 0. The van der Waals surface area contributed by atoms with Crippen molar-refractivity contribution in [3.05, 3.63) is 29.6 Å². The number of aromatic nitrogens is 2. The van der Waals surface area contributed by atoms with Crippen LogP contribution in [0.2, 0.25) is 0 Å². The van der Waals surface area contributed by atoms with Crippen LogP contribution in [0.3, 0.4) is 0 Å². The van der Waals surface area contributed by atoms with Crippen LogP contribution in [0.5, 0.6) is 0 Å². The Labute approximate surface area is 102 Å². The number of aryl methyl sites for hydroxylation is 2. The number of hydrogen-bond acceptors (Lipinski definition) is 2. The first-order valence-corrected chi connectivity index (χ1v) is 6.47. The summed E-state index contributed by atoms with van der Waals surface area (Å²) in [7, 11) is 0. The maximum absolute atomic E-state index is 4.74. The minimum absolute atomic E-state index is 0.738. The lowest BCUT2D eigenvalue weighted by Crippen LogP contribution is -2.18. The third-order valence-electron chi connectivity index (χ3n) is 3.43. The van der Waals surface area contributed by atoms with E-state index in [9.17, 15) is 0 Å². The molecular formula is C14H19N3. The molecule has 0 unspecified atom stereocenters. The quantitative estimate of drug-likeness (QED) is 0.873. The second-order valence-corrected chi connectivity index (χ2v) is 4.92. The molecule has 0 atom stereocenters.